The van der Waals surface area contributed by atoms with Gasteiger partial charge in [-0.1, -0.05) is 6.07 Å². The maximum Gasteiger partial charge on any atom is 0.257 e. The van der Waals surface area contributed by atoms with Crippen LogP contribution in [0.2, 0.25) is 0 Å². The molecule has 2 amide bonds. The van der Waals surface area contributed by atoms with Gasteiger partial charge in [0.25, 0.3) is 5.91 Å². The first-order valence-corrected chi connectivity index (χ1v) is 8.72. The van der Waals surface area contributed by atoms with E-state index in [1.165, 1.54) is 11.3 Å². The Labute approximate surface area is 148 Å². The van der Waals surface area contributed by atoms with Crippen molar-refractivity contribution in [2.75, 3.05) is 18.5 Å². The second-order valence-electron chi connectivity index (χ2n) is 5.32. The summed E-state index contributed by atoms with van der Waals surface area (Å²) in [5.41, 5.74) is 1.33. The lowest BCUT2D eigenvalue weighted by Gasteiger charge is -2.09. The third-order valence-electron chi connectivity index (χ3n) is 3.35. The van der Waals surface area contributed by atoms with Crippen LogP contribution in [0.1, 0.15) is 12.6 Å². The van der Waals surface area contributed by atoms with E-state index in [0.29, 0.717) is 23.7 Å². The lowest BCUT2D eigenvalue weighted by Crippen LogP contribution is -2.28. The number of amides is 2. The Balaban J connectivity index is 1.56. The van der Waals surface area contributed by atoms with Crippen molar-refractivity contribution < 1.29 is 14.3 Å². The number of thiazole rings is 1. The van der Waals surface area contributed by atoms with Gasteiger partial charge in [0.2, 0.25) is 5.91 Å². The number of benzene rings is 1. The summed E-state index contributed by atoms with van der Waals surface area (Å²) in [4.78, 5) is 28.9. The van der Waals surface area contributed by atoms with Crippen LogP contribution in [0, 0.1) is 0 Å². The van der Waals surface area contributed by atoms with Crippen LogP contribution in [-0.2, 0) is 16.0 Å². The largest absolute Gasteiger partial charge is 0.484 e. The number of aromatic nitrogens is 2. The maximum absolute atomic E-state index is 12.2. The molecule has 25 heavy (non-hydrogen) atoms. The second kappa shape index (κ2) is 7.80. The predicted molar refractivity (Wildman–Crippen MR) is 96.0 cm³/mol. The van der Waals surface area contributed by atoms with Gasteiger partial charge < -0.3 is 15.4 Å². The first-order valence-electron chi connectivity index (χ1n) is 7.84. The molecule has 2 N–H and O–H groups in total. The highest BCUT2D eigenvalue weighted by Crippen LogP contribution is 2.18. The van der Waals surface area contributed by atoms with E-state index in [1.54, 1.807) is 24.3 Å². The minimum atomic E-state index is -0.184. The van der Waals surface area contributed by atoms with E-state index < -0.39 is 0 Å². The number of nitrogens with zero attached hydrogens (tertiary/aromatic N) is 2. The van der Waals surface area contributed by atoms with Crippen molar-refractivity contribution in [2.24, 2.45) is 0 Å². The van der Waals surface area contributed by atoms with Crippen LogP contribution >= 0.6 is 11.3 Å². The van der Waals surface area contributed by atoms with E-state index in [4.69, 9.17) is 4.74 Å². The molecule has 0 saturated heterocycles. The van der Waals surface area contributed by atoms with E-state index in [2.05, 4.69) is 15.6 Å². The quantitative estimate of drug-likeness (QED) is 0.677. The van der Waals surface area contributed by atoms with E-state index in [0.717, 1.165) is 4.96 Å². The first-order chi connectivity index (χ1) is 12.1. The van der Waals surface area contributed by atoms with Gasteiger partial charge >= 0.3 is 0 Å². The summed E-state index contributed by atoms with van der Waals surface area (Å²) in [5, 5.41) is 7.41. The average Bonchev–Trinajstić information content (AvgIpc) is 3.15. The van der Waals surface area contributed by atoms with Crippen molar-refractivity contribution in [1.29, 1.82) is 0 Å². The van der Waals surface area contributed by atoms with Gasteiger partial charge in [0.1, 0.15) is 5.75 Å². The van der Waals surface area contributed by atoms with Gasteiger partial charge in [0.05, 0.1) is 12.1 Å². The van der Waals surface area contributed by atoms with Gasteiger partial charge in [-0.05, 0) is 19.1 Å². The Bertz CT molecular complexity index is 858. The molecular formula is C17H18N4O3S. The van der Waals surface area contributed by atoms with Crippen LogP contribution < -0.4 is 15.4 Å². The summed E-state index contributed by atoms with van der Waals surface area (Å²) in [5.74, 6) is 0.176. The maximum atomic E-state index is 12.2. The van der Waals surface area contributed by atoms with Crippen LogP contribution in [0.4, 0.5) is 5.69 Å². The van der Waals surface area contributed by atoms with Gasteiger partial charge in [0.15, 0.2) is 11.6 Å². The number of ether oxygens (including phenoxy) is 1. The molecule has 8 heteroatoms. The van der Waals surface area contributed by atoms with Gasteiger partial charge in [-0.15, -0.1) is 11.3 Å². The van der Waals surface area contributed by atoms with Crippen molar-refractivity contribution in [2.45, 2.75) is 13.3 Å². The summed E-state index contributed by atoms with van der Waals surface area (Å²) in [6.45, 7) is 2.35. The number of imidazole rings is 1. The van der Waals surface area contributed by atoms with Crippen molar-refractivity contribution in [3.63, 3.8) is 0 Å². The zero-order valence-corrected chi connectivity index (χ0v) is 14.5. The van der Waals surface area contributed by atoms with Crippen molar-refractivity contribution in [3.05, 3.63) is 47.7 Å². The van der Waals surface area contributed by atoms with Crippen molar-refractivity contribution in [3.8, 4) is 5.75 Å². The molecule has 2 aromatic heterocycles. The second-order valence-corrected chi connectivity index (χ2v) is 6.19. The molecule has 130 valence electrons. The smallest absolute Gasteiger partial charge is 0.257 e. The van der Waals surface area contributed by atoms with Crippen molar-refractivity contribution in [1.82, 2.24) is 14.7 Å². The number of hydrogen-bond acceptors (Lipinski definition) is 5. The monoisotopic (exact) mass is 358 g/mol. The molecule has 0 fully saturated rings. The molecule has 0 aliphatic carbocycles. The summed E-state index contributed by atoms with van der Waals surface area (Å²) in [6, 6.07) is 6.94. The molecule has 0 aliphatic rings. The number of fused-ring (bicyclic) bond motifs is 1. The third kappa shape index (κ3) is 4.57. The Kier molecular flexibility index (Phi) is 5.30. The number of carbonyl (C=O) groups excluding carboxylic acids is 2. The molecular weight excluding hydrogens is 340 g/mol. The Morgan fingerprint density at radius 3 is 3.00 bits per heavy atom. The van der Waals surface area contributed by atoms with Crippen LogP contribution in [-0.4, -0.2) is 34.4 Å². The highest BCUT2D eigenvalue weighted by molar-refractivity contribution is 7.15. The van der Waals surface area contributed by atoms with E-state index in [-0.39, 0.29) is 24.8 Å². The Hall–Kier alpha value is -2.87. The molecule has 0 unspecified atom stereocenters. The standard InChI is InChI=1S/C17H18N4O3S/c1-2-18-16(23)11-24-14-5-3-4-12(8-14)19-15(22)9-13-10-21-6-7-25-17(21)20-13/h3-8,10H,2,9,11H2,1H3,(H,18,23)(H,19,22). The zero-order chi connectivity index (χ0) is 17.6. The SMILES string of the molecule is CCNC(=O)COc1cccc(NC(=O)Cc2cn3ccsc3n2)c1. The summed E-state index contributed by atoms with van der Waals surface area (Å²) >= 11 is 1.52. The van der Waals surface area contributed by atoms with E-state index >= 15 is 0 Å². The lowest BCUT2D eigenvalue weighted by atomic mass is 10.2. The molecule has 0 bridgehead atoms. The van der Waals surface area contributed by atoms with E-state index in [9.17, 15) is 9.59 Å². The Morgan fingerprint density at radius 2 is 2.20 bits per heavy atom. The summed E-state index contributed by atoms with van der Waals surface area (Å²) in [6.07, 6.45) is 3.94. The molecule has 7 nitrogen and oxygen atoms in total. The minimum Gasteiger partial charge on any atom is -0.484 e. The van der Waals surface area contributed by atoms with Gasteiger partial charge in [-0.2, -0.15) is 0 Å². The normalized spacial score (nSPS) is 10.6. The van der Waals surface area contributed by atoms with Crippen molar-refractivity contribution >= 4 is 33.8 Å². The summed E-state index contributed by atoms with van der Waals surface area (Å²) in [7, 11) is 0. The molecule has 1 aromatic carbocycles. The lowest BCUT2D eigenvalue weighted by molar-refractivity contribution is -0.123. The number of carbonyl (C=O) groups is 2. The van der Waals surface area contributed by atoms with E-state index in [1.807, 2.05) is 29.1 Å². The molecule has 0 spiro atoms. The minimum absolute atomic E-state index is 0.0589. The van der Waals surface area contributed by atoms with Crippen LogP contribution in [0.25, 0.3) is 4.96 Å². The fourth-order valence-electron chi connectivity index (χ4n) is 2.29. The highest BCUT2D eigenvalue weighted by atomic mass is 32.1. The number of likely N-dealkylation sites (N-methyl/N-ethyl adjacent to an activating group) is 1. The molecule has 3 aromatic rings. The van der Waals surface area contributed by atoms with Crippen LogP contribution in [0.5, 0.6) is 5.75 Å². The molecule has 0 saturated carbocycles. The predicted octanol–water partition coefficient (Wildman–Crippen LogP) is 2.09. The number of rotatable bonds is 7. The van der Waals surface area contributed by atoms with Crippen LogP contribution in [0.3, 0.4) is 0 Å². The molecule has 0 radical (unpaired) electrons. The third-order valence-corrected chi connectivity index (χ3v) is 4.12. The number of hydrogen-bond donors (Lipinski definition) is 2. The average molecular weight is 358 g/mol. The molecule has 2 heterocycles. The molecule has 0 aliphatic heterocycles. The fraction of sp³-hybridized carbons (Fsp3) is 0.235. The highest BCUT2D eigenvalue weighted by Gasteiger charge is 2.09. The molecule has 0 atom stereocenters. The van der Waals surface area contributed by atoms with Gasteiger partial charge in [-0.25, -0.2) is 4.98 Å². The fourth-order valence-corrected chi connectivity index (χ4v) is 3.01. The number of nitrogens with one attached hydrogen (secondary N) is 2. The molecule has 3 rings (SSSR count). The summed E-state index contributed by atoms with van der Waals surface area (Å²) < 4.78 is 7.30. The first kappa shape index (κ1) is 17.0. The number of anilines is 1. The van der Waals surface area contributed by atoms with Gasteiger partial charge in [-0.3, -0.25) is 14.0 Å². The van der Waals surface area contributed by atoms with Crippen LogP contribution in [0.15, 0.2) is 42.0 Å². The van der Waals surface area contributed by atoms with Gasteiger partial charge in [0, 0.05) is 36.1 Å². The topological polar surface area (TPSA) is 84.7 Å². The Morgan fingerprint density at radius 1 is 1.32 bits per heavy atom. The zero-order valence-electron chi connectivity index (χ0n) is 13.7.